The van der Waals surface area contributed by atoms with E-state index in [9.17, 15) is 14.4 Å². The van der Waals surface area contributed by atoms with Crippen LogP contribution in [0.5, 0.6) is 0 Å². The molecular weight excluding hydrogens is 220 g/mol. The molecule has 1 aromatic carbocycles. The quantitative estimate of drug-likeness (QED) is 0.769. The Morgan fingerprint density at radius 2 is 1.82 bits per heavy atom. The van der Waals surface area contributed by atoms with Crippen LogP contribution in [0.2, 0.25) is 0 Å². The van der Waals surface area contributed by atoms with E-state index in [2.05, 4.69) is 0 Å². The van der Waals surface area contributed by atoms with Gasteiger partial charge in [0.05, 0.1) is 0 Å². The monoisotopic (exact) mass is 232 g/mol. The van der Waals surface area contributed by atoms with Crippen LogP contribution in [0.1, 0.15) is 18.5 Å². The lowest BCUT2D eigenvalue weighted by Gasteiger charge is -2.33. The van der Waals surface area contributed by atoms with Crippen molar-refractivity contribution < 1.29 is 14.4 Å². The Morgan fingerprint density at radius 1 is 1.18 bits per heavy atom. The average molecular weight is 232 g/mol. The van der Waals surface area contributed by atoms with Gasteiger partial charge in [-0.25, -0.2) is 4.79 Å². The number of urea groups is 1. The molecule has 1 fully saturated rings. The van der Waals surface area contributed by atoms with Gasteiger partial charge in [0.2, 0.25) is 5.78 Å². The van der Waals surface area contributed by atoms with E-state index in [0.29, 0.717) is 12.1 Å². The molecule has 3 amide bonds. The number of ketones is 1. The van der Waals surface area contributed by atoms with E-state index in [0.717, 1.165) is 0 Å². The van der Waals surface area contributed by atoms with Crippen molar-refractivity contribution in [3.63, 3.8) is 0 Å². The summed E-state index contributed by atoms with van der Waals surface area (Å²) in [6, 6.07) is 7.50. The molecule has 1 aliphatic rings. The predicted octanol–water partition coefficient (Wildman–Crippen LogP) is 0.868. The van der Waals surface area contributed by atoms with Crippen LogP contribution in [0.15, 0.2) is 30.3 Å². The zero-order valence-corrected chi connectivity index (χ0v) is 9.34. The second kappa shape index (κ2) is 4.37. The maximum Gasteiger partial charge on any atom is 0.325 e. The van der Waals surface area contributed by atoms with E-state index in [-0.39, 0.29) is 0 Å². The van der Waals surface area contributed by atoms with Crippen LogP contribution in [0, 0.1) is 0 Å². The van der Waals surface area contributed by atoms with E-state index in [1.54, 1.807) is 31.2 Å². The largest absolute Gasteiger partial charge is 0.325 e. The molecule has 0 spiro atoms. The normalized spacial score (nSPS) is 20.4. The van der Waals surface area contributed by atoms with Gasteiger partial charge in [-0.2, -0.15) is 0 Å². The molecule has 1 saturated heterocycles. The van der Waals surface area contributed by atoms with Crippen molar-refractivity contribution in [2.45, 2.75) is 13.0 Å². The van der Waals surface area contributed by atoms with Crippen molar-refractivity contribution in [1.82, 2.24) is 10.2 Å². The third kappa shape index (κ3) is 1.91. The van der Waals surface area contributed by atoms with Gasteiger partial charge in [-0.3, -0.25) is 14.9 Å². The summed E-state index contributed by atoms with van der Waals surface area (Å²) < 4.78 is 0. The number of carbonyl (C=O) groups is 3. The standard InChI is InChI=1S/C12H12N2O3/c1-2-14-9(8-6-4-3-5-7-8)10(15)11(16)13-12(14)17/h3-7,9H,2H2,1H3,(H,13,16,17). The molecule has 0 radical (unpaired) electrons. The first-order valence-electron chi connectivity index (χ1n) is 5.36. The van der Waals surface area contributed by atoms with Crippen molar-refractivity contribution in [3.05, 3.63) is 35.9 Å². The fourth-order valence-electron chi connectivity index (χ4n) is 1.91. The van der Waals surface area contributed by atoms with Crippen LogP contribution in [0.3, 0.4) is 0 Å². The maximum absolute atomic E-state index is 11.8. The minimum absolute atomic E-state index is 0.365. The van der Waals surface area contributed by atoms with Gasteiger partial charge in [-0.1, -0.05) is 30.3 Å². The summed E-state index contributed by atoms with van der Waals surface area (Å²) in [5, 5.41) is 2.03. The number of amides is 3. The van der Waals surface area contributed by atoms with Gasteiger partial charge in [0.15, 0.2) is 0 Å². The van der Waals surface area contributed by atoms with Crippen LogP contribution in [0.4, 0.5) is 4.79 Å². The first-order chi connectivity index (χ1) is 8.15. The summed E-state index contributed by atoms with van der Waals surface area (Å²) in [5.74, 6) is -1.44. The Hall–Kier alpha value is -2.17. The number of Topliss-reactive ketones (excluding diaryl/α,β-unsaturated/α-hetero) is 1. The van der Waals surface area contributed by atoms with Gasteiger partial charge < -0.3 is 4.90 Å². The molecule has 88 valence electrons. The van der Waals surface area contributed by atoms with Crippen LogP contribution >= 0.6 is 0 Å². The number of hydrogen-bond donors (Lipinski definition) is 1. The smallest absolute Gasteiger partial charge is 0.310 e. The summed E-state index contributed by atoms with van der Waals surface area (Å²) in [6.07, 6.45) is 0. The predicted molar refractivity (Wildman–Crippen MR) is 60.1 cm³/mol. The lowest BCUT2D eigenvalue weighted by Crippen LogP contribution is -2.56. The summed E-state index contributed by atoms with van der Waals surface area (Å²) in [5.41, 5.74) is 0.655. The molecule has 1 atom stereocenters. The number of imide groups is 1. The van der Waals surface area contributed by atoms with Crippen molar-refractivity contribution in [3.8, 4) is 0 Å². The van der Waals surface area contributed by atoms with E-state index < -0.39 is 23.8 Å². The number of likely N-dealkylation sites (N-methyl/N-ethyl adjacent to an activating group) is 1. The van der Waals surface area contributed by atoms with Gasteiger partial charge in [-0.15, -0.1) is 0 Å². The zero-order chi connectivity index (χ0) is 12.4. The molecule has 0 saturated carbocycles. The highest BCUT2D eigenvalue weighted by Crippen LogP contribution is 2.24. The fraction of sp³-hybridized carbons (Fsp3) is 0.250. The van der Waals surface area contributed by atoms with E-state index in [4.69, 9.17) is 0 Å². The van der Waals surface area contributed by atoms with E-state index >= 15 is 0 Å². The maximum atomic E-state index is 11.8. The first kappa shape index (κ1) is 11.3. The third-order valence-electron chi connectivity index (χ3n) is 2.72. The van der Waals surface area contributed by atoms with Crippen molar-refractivity contribution in [2.24, 2.45) is 0 Å². The molecular formula is C12H12N2O3. The number of rotatable bonds is 2. The minimum Gasteiger partial charge on any atom is -0.310 e. The zero-order valence-electron chi connectivity index (χ0n) is 9.34. The topological polar surface area (TPSA) is 66.5 Å². The Labute approximate surface area is 98.4 Å². The lowest BCUT2D eigenvalue weighted by atomic mass is 9.99. The minimum atomic E-state index is -0.839. The Balaban J connectivity index is 2.43. The molecule has 17 heavy (non-hydrogen) atoms. The molecule has 1 N–H and O–H groups in total. The van der Waals surface area contributed by atoms with Crippen molar-refractivity contribution >= 4 is 17.7 Å². The average Bonchev–Trinajstić information content (AvgIpc) is 2.34. The van der Waals surface area contributed by atoms with Crippen LogP contribution in [-0.4, -0.2) is 29.2 Å². The molecule has 1 unspecified atom stereocenters. The molecule has 0 aliphatic carbocycles. The van der Waals surface area contributed by atoms with Crippen LogP contribution in [0.25, 0.3) is 0 Å². The Bertz CT molecular complexity index is 470. The molecule has 0 aromatic heterocycles. The van der Waals surface area contributed by atoms with Gasteiger partial charge in [0.25, 0.3) is 5.91 Å². The van der Waals surface area contributed by atoms with Gasteiger partial charge in [0, 0.05) is 6.54 Å². The van der Waals surface area contributed by atoms with Crippen molar-refractivity contribution in [2.75, 3.05) is 6.54 Å². The molecule has 1 aromatic rings. The highest BCUT2D eigenvalue weighted by atomic mass is 16.2. The number of nitrogens with zero attached hydrogens (tertiary/aromatic N) is 1. The number of nitrogens with one attached hydrogen (secondary N) is 1. The molecule has 1 heterocycles. The summed E-state index contributed by atoms with van der Waals surface area (Å²) in [6.45, 7) is 2.13. The second-order valence-corrected chi connectivity index (χ2v) is 3.72. The summed E-state index contributed by atoms with van der Waals surface area (Å²) >= 11 is 0. The number of carbonyl (C=O) groups excluding carboxylic acids is 3. The van der Waals surface area contributed by atoms with Crippen molar-refractivity contribution in [1.29, 1.82) is 0 Å². The molecule has 0 bridgehead atoms. The molecule has 1 aliphatic heterocycles. The Morgan fingerprint density at radius 3 is 2.41 bits per heavy atom. The summed E-state index contributed by atoms with van der Waals surface area (Å²) in [7, 11) is 0. The SMILES string of the molecule is CCN1C(=O)NC(=O)C(=O)C1c1ccccc1. The molecule has 5 nitrogen and oxygen atoms in total. The summed E-state index contributed by atoms with van der Waals surface area (Å²) in [4.78, 5) is 36.1. The first-order valence-corrected chi connectivity index (χ1v) is 5.36. The van der Waals surface area contributed by atoms with Gasteiger partial charge in [-0.05, 0) is 12.5 Å². The highest BCUT2D eigenvalue weighted by Gasteiger charge is 2.40. The van der Waals surface area contributed by atoms with E-state index in [1.165, 1.54) is 4.90 Å². The number of hydrogen-bond acceptors (Lipinski definition) is 3. The van der Waals surface area contributed by atoms with Crippen LogP contribution < -0.4 is 5.32 Å². The number of benzene rings is 1. The second-order valence-electron chi connectivity index (χ2n) is 3.72. The van der Waals surface area contributed by atoms with Gasteiger partial charge >= 0.3 is 6.03 Å². The third-order valence-corrected chi connectivity index (χ3v) is 2.72. The lowest BCUT2D eigenvalue weighted by molar-refractivity contribution is -0.142. The molecule has 2 rings (SSSR count). The van der Waals surface area contributed by atoms with E-state index in [1.807, 2.05) is 11.4 Å². The highest BCUT2D eigenvalue weighted by molar-refractivity contribution is 6.42. The fourth-order valence-corrected chi connectivity index (χ4v) is 1.91. The Kier molecular flexibility index (Phi) is 2.91. The molecule has 5 heteroatoms. The van der Waals surface area contributed by atoms with Crippen LogP contribution in [-0.2, 0) is 9.59 Å². The van der Waals surface area contributed by atoms with Gasteiger partial charge in [0.1, 0.15) is 6.04 Å².